The van der Waals surface area contributed by atoms with Gasteiger partial charge in [0.15, 0.2) is 5.78 Å². The van der Waals surface area contributed by atoms with Crippen LogP contribution < -0.4 is 0 Å². The van der Waals surface area contributed by atoms with Crippen LogP contribution in [0.15, 0.2) is 10.5 Å². The predicted molar refractivity (Wildman–Crippen MR) is 64.4 cm³/mol. The minimum Gasteiger partial charge on any atom is -0.292 e. The Labute approximate surface area is 103 Å². The molecule has 0 saturated carbocycles. The monoisotopic (exact) mass is 344 g/mol. The molecule has 0 bridgehead atoms. The molecule has 0 aliphatic rings. The Morgan fingerprint density at radius 2 is 2.38 bits per heavy atom. The van der Waals surface area contributed by atoms with Crippen molar-refractivity contribution in [3.63, 3.8) is 0 Å². The topological polar surface area (TPSA) is 17.1 Å². The molecule has 1 rings (SSSR count). The molecule has 0 amide bonds. The maximum absolute atomic E-state index is 11.6. The summed E-state index contributed by atoms with van der Waals surface area (Å²) in [6.45, 7) is 1.96. The van der Waals surface area contributed by atoms with E-state index in [1.165, 1.54) is 11.3 Å². The Kier molecular flexibility index (Phi) is 4.42. The lowest BCUT2D eigenvalue weighted by Gasteiger charge is -2.01. The van der Waals surface area contributed by atoms with Crippen molar-refractivity contribution < 1.29 is 4.79 Å². The van der Waals surface area contributed by atoms with Gasteiger partial charge in [0.1, 0.15) is 4.34 Å². The number of hydrogen-bond donors (Lipinski definition) is 0. The maximum Gasteiger partial charge on any atom is 0.186 e. The van der Waals surface area contributed by atoms with Crippen LogP contribution in [0, 0.1) is 0 Å². The lowest BCUT2D eigenvalue weighted by atomic mass is 10.2. The number of hydrogen-bond acceptors (Lipinski definition) is 2. The zero-order valence-corrected chi connectivity index (χ0v) is 11.6. The molecule has 1 atom stereocenters. The van der Waals surface area contributed by atoms with Gasteiger partial charge in [0.25, 0.3) is 0 Å². The number of alkyl halides is 1. The van der Waals surface area contributed by atoms with Crippen molar-refractivity contribution in [2.45, 2.75) is 18.2 Å². The van der Waals surface area contributed by atoms with Crippen LogP contribution in [0.1, 0.15) is 23.0 Å². The second-order valence-corrected chi connectivity index (χ2v) is 6.09. The molecule has 1 aromatic heterocycles. The molecule has 0 fully saturated rings. The van der Waals surface area contributed by atoms with Crippen molar-refractivity contribution >= 4 is 60.6 Å². The Bertz CT molecular complexity index is 304. The largest absolute Gasteiger partial charge is 0.292 e. The van der Waals surface area contributed by atoms with Crippen molar-refractivity contribution in [1.82, 2.24) is 0 Å². The molecule has 13 heavy (non-hydrogen) atoms. The molecule has 72 valence electrons. The molecule has 1 nitrogen and oxygen atoms in total. The molecule has 0 N–H and O–H groups in total. The Balaban J connectivity index is 2.89. The molecule has 1 aromatic rings. The van der Waals surface area contributed by atoms with Gasteiger partial charge in [0, 0.05) is 4.47 Å². The van der Waals surface area contributed by atoms with Gasteiger partial charge in [-0.15, -0.1) is 11.3 Å². The van der Waals surface area contributed by atoms with E-state index >= 15 is 0 Å². The highest BCUT2D eigenvalue weighted by atomic mass is 79.9. The van der Waals surface area contributed by atoms with Crippen LogP contribution >= 0.6 is 54.8 Å². The summed E-state index contributed by atoms with van der Waals surface area (Å²) in [4.78, 5) is 12.2. The first kappa shape index (κ1) is 11.7. The fourth-order valence-corrected chi connectivity index (χ4v) is 2.90. The number of thiophene rings is 1. The summed E-state index contributed by atoms with van der Waals surface area (Å²) in [5.41, 5.74) is 0. The molecule has 0 aliphatic heterocycles. The average Bonchev–Trinajstić information content (AvgIpc) is 2.44. The number of halogens is 3. The van der Waals surface area contributed by atoms with Crippen LogP contribution in [0.25, 0.3) is 0 Å². The first-order chi connectivity index (χ1) is 6.06. The van der Waals surface area contributed by atoms with Gasteiger partial charge in [-0.3, -0.25) is 4.79 Å². The molecular formula is C8H7Br2ClOS. The third-order valence-corrected chi connectivity index (χ3v) is 5.08. The van der Waals surface area contributed by atoms with Gasteiger partial charge in [0.2, 0.25) is 0 Å². The summed E-state index contributed by atoms with van der Waals surface area (Å²) in [5.74, 6) is 0.0973. The van der Waals surface area contributed by atoms with E-state index in [0.29, 0.717) is 9.21 Å². The van der Waals surface area contributed by atoms with Crippen LogP contribution in [-0.4, -0.2) is 10.6 Å². The van der Waals surface area contributed by atoms with E-state index in [4.69, 9.17) is 11.6 Å². The van der Waals surface area contributed by atoms with E-state index in [1.54, 1.807) is 6.07 Å². The average molecular weight is 346 g/mol. The Morgan fingerprint density at radius 3 is 2.77 bits per heavy atom. The minimum absolute atomic E-state index is 0.0973. The van der Waals surface area contributed by atoms with E-state index in [9.17, 15) is 4.79 Å². The van der Waals surface area contributed by atoms with E-state index in [-0.39, 0.29) is 10.6 Å². The van der Waals surface area contributed by atoms with Gasteiger partial charge in [-0.2, -0.15) is 0 Å². The number of carbonyl (C=O) groups excluding carboxylic acids is 1. The van der Waals surface area contributed by atoms with Crippen LogP contribution in [0.2, 0.25) is 4.34 Å². The quantitative estimate of drug-likeness (QED) is 0.581. The summed E-state index contributed by atoms with van der Waals surface area (Å²) in [7, 11) is 0. The molecule has 1 unspecified atom stereocenters. The summed E-state index contributed by atoms with van der Waals surface area (Å²) in [6.07, 6.45) is 0.784. The van der Waals surface area contributed by atoms with Gasteiger partial charge < -0.3 is 0 Å². The van der Waals surface area contributed by atoms with Gasteiger partial charge in [0.05, 0.1) is 9.70 Å². The summed E-state index contributed by atoms with van der Waals surface area (Å²) < 4.78 is 1.41. The van der Waals surface area contributed by atoms with Crippen molar-refractivity contribution in [3.05, 3.63) is 19.8 Å². The van der Waals surface area contributed by atoms with Crippen LogP contribution in [0.5, 0.6) is 0 Å². The van der Waals surface area contributed by atoms with Crippen molar-refractivity contribution in [3.8, 4) is 0 Å². The molecule has 0 aromatic carbocycles. The van der Waals surface area contributed by atoms with Crippen molar-refractivity contribution in [2.75, 3.05) is 0 Å². The van der Waals surface area contributed by atoms with Crippen LogP contribution in [0.3, 0.4) is 0 Å². The normalized spacial score (nSPS) is 12.9. The third-order valence-electron chi connectivity index (χ3n) is 1.53. The van der Waals surface area contributed by atoms with Gasteiger partial charge in [-0.1, -0.05) is 34.5 Å². The minimum atomic E-state index is -0.103. The smallest absolute Gasteiger partial charge is 0.186 e. The predicted octanol–water partition coefficient (Wildman–Crippen LogP) is 4.52. The van der Waals surface area contributed by atoms with E-state index in [2.05, 4.69) is 31.9 Å². The highest BCUT2D eigenvalue weighted by Gasteiger charge is 2.18. The molecule has 1 heterocycles. The van der Waals surface area contributed by atoms with Gasteiger partial charge >= 0.3 is 0 Å². The molecule has 0 radical (unpaired) electrons. The standard InChI is InChI=1S/C8H7Br2ClOS/c1-2-4(9)7(12)6-3-5(10)8(11)13-6/h3-4H,2H2,1H3. The summed E-state index contributed by atoms with van der Waals surface area (Å²) in [6, 6.07) is 1.76. The van der Waals surface area contributed by atoms with E-state index < -0.39 is 0 Å². The molecule has 0 spiro atoms. The first-order valence-electron chi connectivity index (χ1n) is 3.69. The number of rotatable bonds is 3. The zero-order chi connectivity index (χ0) is 10.0. The molecule has 0 saturated heterocycles. The fourth-order valence-electron chi connectivity index (χ4n) is 0.808. The first-order valence-corrected chi connectivity index (χ1v) is 6.59. The van der Waals surface area contributed by atoms with E-state index in [0.717, 1.165) is 10.9 Å². The highest BCUT2D eigenvalue weighted by molar-refractivity contribution is 9.10. The maximum atomic E-state index is 11.6. The number of Topliss-reactive ketones (excluding diaryl/α,β-unsaturated/α-hetero) is 1. The summed E-state index contributed by atoms with van der Waals surface area (Å²) >= 11 is 13.7. The Morgan fingerprint density at radius 1 is 1.77 bits per heavy atom. The summed E-state index contributed by atoms with van der Waals surface area (Å²) in [5, 5.41) is 0. The lowest BCUT2D eigenvalue weighted by Crippen LogP contribution is -2.10. The SMILES string of the molecule is CCC(Br)C(=O)c1cc(Br)c(Cl)s1. The fraction of sp³-hybridized carbons (Fsp3) is 0.375. The molecule has 5 heteroatoms. The van der Waals surface area contributed by atoms with Crippen LogP contribution in [0.4, 0.5) is 0 Å². The van der Waals surface area contributed by atoms with Crippen LogP contribution in [-0.2, 0) is 0 Å². The second-order valence-electron chi connectivity index (χ2n) is 2.47. The Hall–Kier alpha value is 0.620. The zero-order valence-electron chi connectivity index (χ0n) is 6.81. The lowest BCUT2D eigenvalue weighted by molar-refractivity contribution is 0.0994. The highest BCUT2D eigenvalue weighted by Crippen LogP contribution is 2.33. The molecular weight excluding hydrogens is 339 g/mol. The third kappa shape index (κ3) is 2.78. The number of ketones is 1. The van der Waals surface area contributed by atoms with Gasteiger partial charge in [-0.25, -0.2) is 0 Å². The second kappa shape index (κ2) is 4.91. The van der Waals surface area contributed by atoms with Crippen molar-refractivity contribution in [1.29, 1.82) is 0 Å². The molecule has 0 aliphatic carbocycles. The van der Waals surface area contributed by atoms with Crippen molar-refractivity contribution in [2.24, 2.45) is 0 Å². The van der Waals surface area contributed by atoms with Gasteiger partial charge in [-0.05, 0) is 28.4 Å². The van der Waals surface area contributed by atoms with E-state index in [1.807, 2.05) is 6.92 Å². The number of carbonyl (C=O) groups is 1.